The normalized spacial score (nSPS) is 19.3. The van der Waals surface area contributed by atoms with Gasteiger partial charge >= 0.3 is 4.87 Å². The van der Waals surface area contributed by atoms with E-state index < -0.39 is 23.0 Å². The highest BCUT2D eigenvalue weighted by Gasteiger charge is 2.56. The first-order valence-electron chi connectivity index (χ1n) is 12.9. The Morgan fingerprint density at radius 3 is 2.12 bits per heavy atom. The Bertz CT molecular complexity index is 1730. The van der Waals surface area contributed by atoms with Crippen LogP contribution < -0.4 is 24.6 Å². The zero-order chi connectivity index (χ0) is 29.5. The second kappa shape index (κ2) is 11.4. The smallest absolute Gasteiger partial charge is 0.308 e. The molecule has 3 heterocycles. The Hall–Kier alpha value is -3.87. The first kappa shape index (κ1) is 28.3. The molecule has 3 aromatic carbocycles. The van der Waals surface area contributed by atoms with Crippen LogP contribution in [0.3, 0.4) is 0 Å². The van der Waals surface area contributed by atoms with Gasteiger partial charge in [0.2, 0.25) is 17.7 Å². The number of halogens is 1. The summed E-state index contributed by atoms with van der Waals surface area (Å²) in [4.78, 5) is 55.7. The molecule has 1 saturated heterocycles. The summed E-state index contributed by atoms with van der Waals surface area (Å²) in [7, 11) is 3.13. The number of benzene rings is 3. The maximum atomic E-state index is 14.0. The molecule has 2 aliphatic heterocycles. The topological polar surface area (TPSA) is 107 Å². The number of ether oxygens (including phenoxy) is 2. The van der Waals surface area contributed by atoms with Gasteiger partial charge in [-0.15, -0.1) is 0 Å². The van der Waals surface area contributed by atoms with Crippen molar-refractivity contribution < 1.29 is 23.9 Å². The number of imide groups is 1. The average Bonchev–Trinajstić information content (AvgIpc) is 3.44. The third-order valence-electron chi connectivity index (χ3n) is 7.28. The highest BCUT2D eigenvalue weighted by molar-refractivity contribution is 9.10. The lowest BCUT2D eigenvalue weighted by Gasteiger charge is -2.30. The van der Waals surface area contributed by atoms with Crippen LogP contribution in [0.5, 0.6) is 11.5 Å². The second-order valence-electron chi connectivity index (χ2n) is 9.70. The molecule has 0 spiro atoms. The van der Waals surface area contributed by atoms with Crippen LogP contribution in [0.4, 0.5) is 11.4 Å². The van der Waals surface area contributed by atoms with Crippen LogP contribution in [-0.2, 0) is 20.9 Å². The van der Waals surface area contributed by atoms with Gasteiger partial charge in [-0.1, -0.05) is 51.2 Å². The Kier molecular flexibility index (Phi) is 7.69. The Morgan fingerprint density at radius 1 is 0.881 bits per heavy atom. The molecule has 2 aliphatic rings. The summed E-state index contributed by atoms with van der Waals surface area (Å²) >= 11 is 5.58. The number of carbonyl (C=O) groups excluding carboxylic acids is 3. The second-order valence-corrected chi connectivity index (χ2v) is 12.7. The standard InChI is InChI=1S/C30H24BrN3O6S2/c1-39-20-11-3-16(4-12-20)23-24-25(28(37)34(27(24)36)19-9-5-17(31)6-10-19)41-29-26(23)42-30(38)33(29)15-22(35)32-18-7-13-21(40-2)14-8-18/h3-14,23-25H,15H2,1-2H3,(H,32,35). The van der Waals surface area contributed by atoms with Crippen LogP contribution in [0, 0.1) is 5.92 Å². The summed E-state index contributed by atoms with van der Waals surface area (Å²) in [5.41, 5.74) is 1.82. The molecule has 1 aromatic heterocycles. The lowest BCUT2D eigenvalue weighted by Crippen LogP contribution is -2.33. The molecular weight excluding hydrogens is 642 g/mol. The van der Waals surface area contributed by atoms with E-state index in [1.165, 1.54) is 21.2 Å². The predicted molar refractivity (Wildman–Crippen MR) is 165 cm³/mol. The number of thioether (sulfide) groups is 1. The van der Waals surface area contributed by atoms with E-state index in [9.17, 15) is 19.2 Å². The summed E-state index contributed by atoms with van der Waals surface area (Å²) in [5, 5.41) is 2.56. The number of aromatic nitrogens is 1. The zero-order valence-corrected chi connectivity index (χ0v) is 25.6. The van der Waals surface area contributed by atoms with Gasteiger partial charge in [0.25, 0.3) is 0 Å². The van der Waals surface area contributed by atoms with Crippen molar-refractivity contribution in [1.82, 2.24) is 4.57 Å². The molecule has 3 atom stereocenters. The molecule has 3 amide bonds. The highest BCUT2D eigenvalue weighted by atomic mass is 79.9. The van der Waals surface area contributed by atoms with Gasteiger partial charge in [0.15, 0.2) is 0 Å². The van der Waals surface area contributed by atoms with Crippen molar-refractivity contribution in [2.45, 2.75) is 22.7 Å². The van der Waals surface area contributed by atoms with E-state index in [4.69, 9.17) is 9.47 Å². The molecule has 4 aromatic rings. The number of fused-ring (bicyclic) bond motifs is 2. The van der Waals surface area contributed by atoms with Crippen molar-refractivity contribution in [3.8, 4) is 11.5 Å². The monoisotopic (exact) mass is 665 g/mol. The third kappa shape index (κ3) is 5.03. The van der Waals surface area contributed by atoms with Gasteiger partial charge in [0.1, 0.15) is 23.3 Å². The molecule has 0 aliphatic carbocycles. The summed E-state index contributed by atoms with van der Waals surface area (Å²) in [6.07, 6.45) is 0. The van der Waals surface area contributed by atoms with Crippen molar-refractivity contribution in [3.63, 3.8) is 0 Å². The Morgan fingerprint density at radius 2 is 1.50 bits per heavy atom. The van der Waals surface area contributed by atoms with Crippen molar-refractivity contribution in [3.05, 3.63) is 97.4 Å². The molecule has 42 heavy (non-hydrogen) atoms. The number of hydrogen-bond donors (Lipinski definition) is 1. The maximum absolute atomic E-state index is 14.0. The molecular formula is C30H24BrN3O6S2. The number of nitrogens with zero attached hydrogens (tertiary/aromatic N) is 2. The van der Waals surface area contributed by atoms with E-state index in [1.54, 1.807) is 74.9 Å². The lowest BCUT2D eigenvalue weighted by molar-refractivity contribution is -0.122. The third-order valence-corrected chi connectivity index (χ3v) is 10.4. The van der Waals surface area contributed by atoms with Gasteiger partial charge in [0, 0.05) is 21.0 Å². The van der Waals surface area contributed by atoms with E-state index >= 15 is 0 Å². The van der Waals surface area contributed by atoms with E-state index in [0.29, 0.717) is 32.8 Å². The molecule has 12 heteroatoms. The van der Waals surface area contributed by atoms with Crippen LogP contribution >= 0.6 is 39.0 Å². The number of rotatable bonds is 7. The van der Waals surface area contributed by atoms with Crippen LogP contribution in [0.1, 0.15) is 16.4 Å². The molecule has 0 saturated carbocycles. The maximum Gasteiger partial charge on any atom is 0.308 e. The molecule has 0 radical (unpaired) electrons. The fourth-order valence-electron chi connectivity index (χ4n) is 5.29. The van der Waals surface area contributed by atoms with Crippen molar-refractivity contribution >= 4 is 68.1 Å². The quantitative estimate of drug-likeness (QED) is 0.273. The van der Waals surface area contributed by atoms with Gasteiger partial charge in [-0.05, 0) is 66.2 Å². The van der Waals surface area contributed by atoms with E-state index in [1.807, 2.05) is 12.1 Å². The molecule has 214 valence electrons. The number of hydrogen-bond acceptors (Lipinski definition) is 8. The molecule has 1 fully saturated rings. The van der Waals surface area contributed by atoms with Crippen molar-refractivity contribution in [2.75, 3.05) is 24.4 Å². The van der Waals surface area contributed by atoms with Crippen LogP contribution in [0.25, 0.3) is 0 Å². The minimum Gasteiger partial charge on any atom is -0.497 e. The first-order valence-corrected chi connectivity index (χ1v) is 15.4. The molecule has 1 N–H and O–H groups in total. The summed E-state index contributed by atoms with van der Waals surface area (Å²) in [6.45, 7) is -0.241. The summed E-state index contributed by atoms with van der Waals surface area (Å²) in [5.74, 6) is -1.06. The van der Waals surface area contributed by atoms with E-state index in [-0.39, 0.29) is 23.2 Å². The number of thiazole rings is 1. The molecule has 9 nitrogen and oxygen atoms in total. The first-order chi connectivity index (χ1) is 20.3. The lowest BCUT2D eigenvalue weighted by atomic mass is 9.83. The summed E-state index contributed by atoms with van der Waals surface area (Å²) < 4.78 is 12.7. The fraction of sp³-hybridized carbons (Fsp3) is 0.200. The minimum atomic E-state index is -0.773. The summed E-state index contributed by atoms with van der Waals surface area (Å²) in [6, 6.07) is 21.2. The molecule has 3 unspecified atom stereocenters. The zero-order valence-electron chi connectivity index (χ0n) is 22.4. The van der Waals surface area contributed by atoms with Crippen LogP contribution in [-0.4, -0.2) is 41.8 Å². The minimum absolute atomic E-state index is 0.241. The van der Waals surface area contributed by atoms with E-state index in [0.717, 1.165) is 21.4 Å². The Balaban J connectivity index is 1.38. The number of carbonyl (C=O) groups is 3. The average molecular weight is 667 g/mol. The predicted octanol–water partition coefficient (Wildman–Crippen LogP) is 5.12. The largest absolute Gasteiger partial charge is 0.497 e. The van der Waals surface area contributed by atoms with Gasteiger partial charge in [-0.3, -0.25) is 23.7 Å². The van der Waals surface area contributed by atoms with E-state index in [2.05, 4.69) is 21.2 Å². The van der Waals surface area contributed by atoms with Crippen LogP contribution in [0.15, 0.2) is 87.1 Å². The molecule has 6 rings (SSSR count). The molecule has 0 bridgehead atoms. The number of anilines is 2. The Labute approximate surface area is 257 Å². The van der Waals surface area contributed by atoms with Gasteiger partial charge < -0.3 is 14.8 Å². The van der Waals surface area contributed by atoms with Gasteiger partial charge in [-0.2, -0.15) is 0 Å². The van der Waals surface area contributed by atoms with Gasteiger partial charge in [-0.25, -0.2) is 4.90 Å². The van der Waals surface area contributed by atoms with Gasteiger partial charge in [0.05, 0.1) is 30.9 Å². The SMILES string of the molecule is COc1ccc(NC(=O)Cn2c3c(sc2=O)C(c2ccc(OC)cc2)C2C(=O)N(c4ccc(Br)cc4)C(=O)C2S3)cc1. The number of nitrogens with one attached hydrogen (secondary N) is 1. The highest BCUT2D eigenvalue weighted by Crippen LogP contribution is 2.54. The fourth-order valence-corrected chi connectivity index (χ4v) is 8.33. The van der Waals surface area contributed by atoms with Crippen molar-refractivity contribution in [1.29, 1.82) is 0 Å². The number of methoxy groups -OCH3 is 2. The van der Waals surface area contributed by atoms with Crippen LogP contribution in [0.2, 0.25) is 0 Å². The van der Waals surface area contributed by atoms with Crippen molar-refractivity contribution in [2.24, 2.45) is 5.92 Å². The number of amides is 3.